The minimum absolute atomic E-state index is 0.628. The van der Waals surface area contributed by atoms with Crippen molar-refractivity contribution in [2.45, 2.75) is 13.0 Å². The average molecular weight is 404 g/mol. The fraction of sp³-hybridized carbons (Fsp3) is 0.136. The smallest absolute Gasteiger partial charge is 0.203 e. The maximum absolute atomic E-state index is 5.93. The second kappa shape index (κ2) is 9.66. The molecule has 2 heterocycles. The van der Waals surface area contributed by atoms with Gasteiger partial charge in [-0.1, -0.05) is 42.5 Å². The number of hydrazone groups is 1. The molecule has 2 aromatic heterocycles. The number of benzene rings is 2. The lowest BCUT2D eigenvalue weighted by Gasteiger charge is -2.09. The maximum Gasteiger partial charge on any atom is 0.203 e. The quantitative estimate of drug-likeness (QED) is 0.245. The highest BCUT2D eigenvalue weighted by atomic mass is 32.1. The summed E-state index contributed by atoms with van der Waals surface area (Å²) >= 11 is 1.52. The molecule has 7 heteroatoms. The third kappa shape index (κ3) is 5.30. The minimum atomic E-state index is 0.628. The number of nitrogens with zero attached hydrogens (tertiary/aromatic N) is 4. The summed E-state index contributed by atoms with van der Waals surface area (Å²) in [5, 5.41) is 7.10. The van der Waals surface area contributed by atoms with Crippen molar-refractivity contribution in [2.24, 2.45) is 5.10 Å². The summed E-state index contributed by atoms with van der Waals surface area (Å²) in [6, 6.07) is 18.0. The highest BCUT2D eigenvalue weighted by Crippen LogP contribution is 2.24. The molecule has 2 aromatic carbocycles. The van der Waals surface area contributed by atoms with Gasteiger partial charge in [0.2, 0.25) is 5.13 Å². The molecule has 0 unspecified atom stereocenters. The summed E-state index contributed by atoms with van der Waals surface area (Å²) in [5.41, 5.74) is 5.96. The molecular weight excluding hydrogens is 382 g/mol. The Morgan fingerprint density at radius 3 is 2.83 bits per heavy atom. The van der Waals surface area contributed by atoms with Crippen LogP contribution in [0.1, 0.15) is 12.0 Å². The normalized spacial score (nSPS) is 11.0. The van der Waals surface area contributed by atoms with Crippen molar-refractivity contribution in [1.82, 2.24) is 14.5 Å². The van der Waals surface area contributed by atoms with Crippen molar-refractivity contribution in [2.75, 3.05) is 12.0 Å². The number of rotatable bonds is 9. The van der Waals surface area contributed by atoms with Gasteiger partial charge in [-0.25, -0.2) is 9.97 Å². The van der Waals surface area contributed by atoms with Crippen LogP contribution in [0.4, 0.5) is 5.13 Å². The molecule has 29 heavy (non-hydrogen) atoms. The van der Waals surface area contributed by atoms with Crippen molar-refractivity contribution in [3.8, 4) is 17.0 Å². The van der Waals surface area contributed by atoms with E-state index in [0.717, 1.165) is 40.7 Å². The highest BCUT2D eigenvalue weighted by Gasteiger charge is 2.04. The van der Waals surface area contributed by atoms with Crippen LogP contribution in [-0.2, 0) is 6.54 Å². The van der Waals surface area contributed by atoms with E-state index in [1.54, 1.807) is 12.4 Å². The van der Waals surface area contributed by atoms with Gasteiger partial charge in [0.05, 0.1) is 24.8 Å². The summed E-state index contributed by atoms with van der Waals surface area (Å²) in [4.78, 5) is 8.62. The fourth-order valence-corrected chi connectivity index (χ4v) is 3.46. The lowest BCUT2D eigenvalue weighted by atomic mass is 10.2. The Kier molecular flexibility index (Phi) is 6.29. The molecule has 0 aliphatic carbocycles. The predicted molar refractivity (Wildman–Crippen MR) is 118 cm³/mol. The maximum atomic E-state index is 5.93. The van der Waals surface area contributed by atoms with Crippen molar-refractivity contribution in [3.05, 3.63) is 84.3 Å². The summed E-state index contributed by atoms with van der Waals surface area (Å²) in [6.07, 6.45) is 8.21. The number of imidazole rings is 1. The zero-order chi connectivity index (χ0) is 19.7. The Labute approximate surface area is 173 Å². The number of aromatic nitrogens is 3. The van der Waals surface area contributed by atoms with Crippen LogP contribution in [0.3, 0.4) is 0 Å². The van der Waals surface area contributed by atoms with Gasteiger partial charge in [0.1, 0.15) is 5.75 Å². The number of hydrogen-bond donors (Lipinski definition) is 1. The molecule has 0 amide bonds. The van der Waals surface area contributed by atoms with Crippen LogP contribution in [0.5, 0.6) is 5.75 Å². The van der Waals surface area contributed by atoms with Crippen molar-refractivity contribution < 1.29 is 4.74 Å². The number of aryl methyl sites for hydroxylation is 1. The number of hydrogen-bond acceptors (Lipinski definition) is 6. The predicted octanol–water partition coefficient (Wildman–Crippen LogP) is 4.92. The first-order valence-electron chi connectivity index (χ1n) is 9.36. The first-order chi connectivity index (χ1) is 14.4. The Balaban J connectivity index is 1.32. The van der Waals surface area contributed by atoms with Crippen LogP contribution < -0.4 is 10.2 Å². The largest absolute Gasteiger partial charge is 0.493 e. The Hall–Kier alpha value is -3.45. The second-order valence-corrected chi connectivity index (χ2v) is 7.17. The lowest BCUT2D eigenvalue weighted by Crippen LogP contribution is -2.04. The van der Waals surface area contributed by atoms with E-state index in [9.17, 15) is 0 Å². The van der Waals surface area contributed by atoms with Crippen LogP contribution in [0.2, 0.25) is 0 Å². The minimum Gasteiger partial charge on any atom is -0.493 e. The molecule has 0 saturated heterocycles. The molecule has 6 nitrogen and oxygen atoms in total. The van der Waals surface area contributed by atoms with Gasteiger partial charge in [0.15, 0.2) is 0 Å². The number of ether oxygens (including phenoxy) is 1. The molecular formula is C22H21N5OS. The summed E-state index contributed by atoms with van der Waals surface area (Å²) in [7, 11) is 0. The first-order valence-corrected chi connectivity index (χ1v) is 10.2. The fourth-order valence-electron chi connectivity index (χ4n) is 2.79. The molecule has 0 saturated carbocycles. The van der Waals surface area contributed by atoms with E-state index in [2.05, 4.69) is 20.5 Å². The summed E-state index contributed by atoms with van der Waals surface area (Å²) in [5.74, 6) is 0.813. The Morgan fingerprint density at radius 2 is 1.97 bits per heavy atom. The zero-order valence-electron chi connectivity index (χ0n) is 15.8. The lowest BCUT2D eigenvalue weighted by molar-refractivity contribution is 0.301. The van der Waals surface area contributed by atoms with Gasteiger partial charge in [0, 0.05) is 35.4 Å². The van der Waals surface area contributed by atoms with E-state index in [4.69, 9.17) is 4.74 Å². The van der Waals surface area contributed by atoms with Crippen molar-refractivity contribution >= 4 is 22.7 Å². The number of para-hydroxylation sites is 1. The number of nitrogens with one attached hydrogen (secondary N) is 1. The van der Waals surface area contributed by atoms with Crippen LogP contribution in [0.25, 0.3) is 11.3 Å². The van der Waals surface area contributed by atoms with E-state index in [0.29, 0.717) is 6.61 Å². The molecule has 0 aliphatic rings. The van der Waals surface area contributed by atoms with Crippen LogP contribution in [0.15, 0.2) is 83.8 Å². The number of thiazole rings is 1. The van der Waals surface area contributed by atoms with Crippen molar-refractivity contribution in [1.29, 1.82) is 0 Å². The van der Waals surface area contributed by atoms with Crippen LogP contribution in [0, 0.1) is 0 Å². The number of anilines is 1. The van der Waals surface area contributed by atoms with E-state index in [1.165, 1.54) is 11.3 Å². The molecule has 0 fully saturated rings. The molecule has 0 atom stereocenters. The van der Waals surface area contributed by atoms with Crippen LogP contribution in [-0.4, -0.2) is 27.4 Å². The van der Waals surface area contributed by atoms with Gasteiger partial charge in [-0.2, -0.15) is 5.10 Å². The zero-order valence-corrected chi connectivity index (χ0v) is 16.6. The van der Waals surface area contributed by atoms with Gasteiger partial charge < -0.3 is 9.30 Å². The highest BCUT2D eigenvalue weighted by molar-refractivity contribution is 7.14. The van der Waals surface area contributed by atoms with Crippen molar-refractivity contribution in [3.63, 3.8) is 0 Å². The third-order valence-electron chi connectivity index (χ3n) is 4.23. The molecule has 0 aliphatic heterocycles. The monoisotopic (exact) mass is 403 g/mol. The van der Waals surface area contributed by atoms with Crippen LogP contribution >= 0.6 is 11.3 Å². The SMILES string of the molecule is C(=NNc1nc(-c2ccccc2)cs1)c1ccccc1OCCCn1ccnc1. The second-order valence-electron chi connectivity index (χ2n) is 6.31. The van der Waals surface area contributed by atoms with Gasteiger partial charge in [-0.3, -0.25) is 5.43 Å². The molecule has 0 bridgehead atoms. The van der Waals surface area contributed by atoms with Gasteiger partial charge in [-0.15, -0.1) is 11.3 Å². The standard InChI is InChI=1S/C22H21N5OS/c1-2-7-18(8-3-1)20-16-29-22(25-20)26-24-15-19-9-4-5-10-21(19)28-14-6-12-27-13-11-23-17-27/h1-5,7-11,13,15-17H,6,12,14H2,(H,25,26). The molecule has 0 spiro atoms. The molecule has 1 N–H and O–H groups in total. The van der Waals surface area contributed by atoms with E-state index < -0.39 is 0 Å². The third-order valence-corrected chi connectivity index (χ3v) is 4.98. The van der Waals surface area contributed by atoms with Gasteiger partial charge >= 0.3 is 0 Å². The molecule has 146 valence electrons. The first kappa shape index (κ1) is 18.9. The summed E-state index contributed by atoms with van der Waals surface area (Å²) in [6.45, 7) is 1.51. The Morgan fingerprint density at radius 1 is 1.10 bits per heavy atom. The van der Waals surface area contributed by atoms with E-state index in [-0.39, 0.29) is 0 Å². The Bertz CT molecular complexity index is 1040. The van der Waals surface area contributed by atoms with Gasteiger partial charge in [0.25, 0.3) is 0 Å². The van der Waals surface area contributed by atoms with E-state index >= 15 is 0 Å². The topological polar surface area (TPSA) is 64.3 Å². The van der Waals surface area contributed by atoms with Gasteiger partial charge in [-0.05, 0) is 18.6 Å². The molecule has 0 radical (unpaired) electrons. The van der Waals surface area contributed by atoms with E-state index in [1.807, 2.05) is 77.1 Å². The molecule has 4 rings (SSSR count). The summed E-state index contributed by atoms with van der Waals surface area (Å²) < 4.78 is 7.97. The molecule has 4 aromatic rings. The average Bonchev–Trinajstić information content (AvgIpc) is 3.45.